The molecule has 1 aromatic heterocycles. The number of benzene rings is 1. The molecule has 0 saturated heterocycles. The average Bonchev–Trinajstić information content (AvgIpc) is 2.86. The maximum absolute atomic E-state index is 12.0. The lowest BCUT2D eigenvalue weighted by Crippen LogP contribution is -2.31. The SMILES string of the molecule is Cc1ccc([C@@H](C)NC(=O)COC(=O)c2c(C)noc2C)cc1C. The van der Waals surface area contributed by atoms with E-state index in [-0.39, 0.29) is 24.1 Å². The number of carbonyl (C=O) groups is 2. The van der Waals surface area contributed by atoms with E-state index in [0.717, 1.165) is 5.56 Å². The Hall–Kier alpha value is -2.63. The number of rotatable bonds is 5. The zero-order valence-corrected chi connectivity index (χ0v) is 14.6. The number of hydrogen-bond acceptors (Lipinski definition) is 5. The molecule has 1 amide bonds. The van der Waals surface area contributed by atoms with Gasteiger partial charge in [-0.25, -0.2) is 4.79 Å². The number of hydrogen-bond donors (Lipinski definition) is 1. The van der Waals surface area contributed by atoms with E-state index in [4.69, 9.17) is 9.26 Å². The number of aromatic nitrogens is 1. The number of esters is 1. The summed E-state index contributed by atoms with van der Waals surface area (Å²) in [5.74, 6) is -0.595. The Morgan fingerprint density at radius 3 is 2.50 bits per heavy atom. The van der Waals surface area contributed by atoms with E-state index in [9.17, 15) is 9.59 Å². The summed E-state index contributed by atoms with van der Waals surface area (Å²) in [5, 5.41) is 6.51. The number of aryl methyl sites for hydroxylation is 4. The largest absolute Gasteiger partial charge is 0.452 e. The summed E-state index contributed by atoms with van der Waals surface area (Å²) in [5.41, 5.74) is 4.08. The van der Waals surface area contributed by atoms with E-state index in [1.54, 1.807) is 13.8 Å². The van der Waals surface area contributed by atoms with Crippen LogP contribution in [0.15, 0.2) is 22.7 Å². The van der Waals surface area contributed by atoms with Crippen LogP contribution in [0.1, 0.15) is 51.5 Å². The molecule has 1 N–H and O–H groups in total. The minimum Gasteiger partial charge on any atom is -0.452 e. The second-order valence-electron chi connectivity index (χ2n) is 5.91. The molecule has 0 aliphatic rings. The van der Waals surface area contributed by atoms with Crippen LogP contribution in [0, 0.1) is 27.7 Å². The van der Waals surface area contributed by atoms with Gasteiger partial charge < -0.3 is 14.6 Å². The van der Waals surface area contributed by atoms with Gasteiger partial charge in [0.05, 0.1) is 11.7 Å². The van der Waals surface area contributed by atoms with Crippen molar-refractivity contribution < 1.29 is 18.8 Å². The molecule has 0 fully saturated rings. The Kier molecular flexibility index (Phi) is 5.39. The Labute approximate surface area is 141 Å². The predicted octanol–water partition coefficient (Wildman–Crippen LogP) is 2.94. The van der Waals surface area contributed by atoms with E-state index < -0.39 is 5.97 Å². The van der Waals surface area contributed by atoms with Crippen LogP contribution < -0.4 is 5.32 Å². The van der Waals surface area contributed by atoms with Crippen molar-refractivity contribution in [1.29, 1.82) is 0 Å². The van der Waals surface area contributed by atoms with Gasteiger partial charge in [0.1, 0.15) is 11.3 Å². The molecule has 2 rings (SSSR count). The Balaban J connectivity index is 1.91. The highest BCUT2D eigenvalue weighted by atomic mass is 16.5. The first kappa shape index (κ1) is 17.7. The zero-order valence-electron chi connectivity index (χ0n) is 14.6. The van der Waals surface area contributed by atoms with Gasteiger partial charge in [0.25, 0.3) is 5.91 Å². The average molecular weight is 330 g/mol. The van der Waals surface area contributed by atoms with Gasteiger partial charge in [-0.15, -0.1) is 0 Å². The normalized spacial score (nSPS) is 11.9. The van der Waals surface area contributed by atoms with Crippen molar-refractivity contribution in [2.75, 3.05) is 6.61 Å². The molecule has 2 aromatic rings. The quantitative estimate of drug-likeness (QED) is 0.852. The van der Waals surface area contributed by atoms with Crippen molar-refractivity contribution in [1.82, 2.24) is 10.5 Å². The van der Waals surface area contributed by atoms with Crippen LogP contribution in [0.4, 0.5) is 0 Å². The summed E-state index contributed by atoms with van der Waals surface area (Å²) in [7, 11) is 0. The predicted molar refractivity (Wildman–Crippen MR) is 88.7 cm³/mol. The molecule has 0 spiro atoms. The molecule has 0 unspecified atom stereocenters. The van der Waals surface area contributed by atoms with Crippen LogP contribution in [-0.4, -0.2) is 23.6 Å². The van der Waals surface area contributed by atoms with Crippen LogP contribution in [0.3, 0.4) is 0 Å². The summed E-state index contributed by atoms with van der Waals surface area (Å²) in [6, 6.07) is 5.86. The fourth-order valence-electron chi connectivity index (χ4n) is 2.38. The number of ether oxygens (including phenoxy) is 1. The highest BCUT2D eigenvalue weighted by Gasteiger charge is 2.20. The first-order chi connectivity index (χ1) is 11.3. The lowest BCUT2D eigenvalue weighted by molar-refractivity contribution is -0.124. The van der Waals surface area contributed by atoms with Crippen molar-refractivity contribution >= 4 is 11.9 Å². The van der Waals surface area contributed by atoms with Crippen LogP contribution in [-0.2, 0) is 9.53 Å². The molecular weight excluding hydrogens is 308 g/mol. The van der Waals surface area contributed by atoms with Gasteiger partial charge in [0.2, 0.25) is 0 Å². The smallest absolute Gasteiger partial charge is 0.344 e. The molecule has 24 heavy (non-hydrogen) atoms. The molecule has 6 nitrogen and oxygen atoms in total. The lowest BCUT2D eigenvalue weighted by Gasteiger charge is -2.15. The molecule has 1 aromatic carbocycles. The molecular formula is C18H22N2O4. The van der Waals surface area contributed by atoms with Gasteiger partial charge in [0, 0.05) is 0 Å². The van der Waals surface area contributed by atoms with Gasteiger partial charge in [0.15, 0.2) is 6.61 Å². The third-order valence-corrected chi connectivity index (χ3v) is 3.98. The zero-order chi connectivity index (χ0) is 17.9. The number of nitrogens with one attached hydrogen (secondary N) is 1. The fourth-order valence-corrected chi connectivity index (χ4v) is 2.38. The number of carbonyl (C=O) groups excluding carboxylic acids is 2. The van der Waals surface area contributed by atoms with Gasteiger partial charge in [-0.3, -0.25) is 4.79 Å². The minimum absolute atomic E-state index is 0.172. The summed E-state index contributed by atoms with van der Waals surface area (Å²) < 4.78 is 9.95. The highest BCUT2D eigenvalue weighted by molar-refractivity contribution is 5.93. The third kappa shape index (κ3) is 4.01. The first-order valence-electron chi connectivity index (χ1n) is 7.76. The van der Waals surface area contributed by atoms with Gasteiger partial charge in [-0.2, -0.15) is 0 Å². The van der Waals surface area contributed by atoms with E-state index in [0.29, 0.717) is 11.5 Å². The molecule has 0 radical (unpaired) electrons. The monoisotopic (exact) mass is 330 g/mol. The number of amides is 1. The Morgan fingerprint density at radius 1 is 1.21 bits per heavy atom. The van der Waals surface area contributed by atoms with Crippen LogP contribution in [0.5, 0.6) is 0 Å². The van der Waals surface area contributed by atoms with Crippen LogP contribution >= 0.6 is 0 Å². The summed E-state index contributed by atoms with van der Waals surface area (Å²) in [4.78, 5) is 24.0. The van der Waals surface area contributed by atoms with Crippen LogP contribution in [0.2, 0.25) is 0 Å². The first-order valence-corrected chi connectivity index (χ1v) is 7.76. The van der Waals surface area contributed by atoms with Gasteiger partial charge >= 0.3 is 5.97 Å². The van der Waals surface area contributed by atoms with Gasteiger partial charge in [-0.1, -0.05) is 23.4 Å². The second-order valence-corrected chi connectivity index (χ2v) is 5.91. The molecule has 0 bridgehead atoms. The molecule has 128 valence electrons. The summed E-state index contributed by atoms with van der Waals surface area (Å²) in [6.45, 7) is 8.87. The van der Waals surface area contributed by atoms with Crippen molar-refractivity contribution in [2.24, 2.45) is 0 Å². The molecule has 6 heteroatoms. The van der Waals surface area contributed by atoms with Crippen molar-refractivity contribution in [3.8, 4) is 0 Å². The van der Waals surface area contributed by atoms with E-state index in [2.05, 4.69) is 10.5 Å². The minimum atomic E-state index is -0.611. The van der Waals surface area contributed by atoms with Crippen LogP contribution in [0.25, 0.3) is 0 Å². The fraction of sp³-hybridized carbons (Fsp3) is 0.389. The van der Waals surface area contributed by atoms with Crippen molar-refractivity contribution in [3.05, 3.63) is 51.9 Å². The topological polar surface area (TPSA) is 81.4 Å². The Morgan fingerprint density at radius 2 is 1.92 bits per heavy atom. The van der Waals surface area contributed by atoms with E-state index in [1.807, 2.05) is 39.0 Å². The molecule has 0 saturated carbocycles. The summed E-state index contributed by atoms with van der Waals surface area (Å²) >= 11 is 0. The molecule has 0 aliphatic heterocycles. The summed E-state index contributed by atoms with van der Waals surface area (Å²) in [6.07, 6.45) is 0. The van der Waals surface area contributed by atoms with Crippen molar-refractivity contribution in [2.45, 2.75) is 40.7 Å². The molecule has 0 aliphatic carbocycles. The molecule has 1 heterocycles. The molecule has 1 atom stereocenters. The maximum atomic E-state index is 12.0. The third-order valence-electron chi connectivity index (χ3n) is 3.98. The number of nitrogens with zero attached hydrogens (tertiary/aromatic N) is 1. The van der Waals surface area contributed by atoms with Crippen molar-refractivity contribution in [3.63, 3.8) is 0 Å². The highest BCUT2D eigenvalue weighted by Crippen LogP contribution is 2.17. The standard InChI is InChI=1S/C18H22N2O4/c1-10-6-7-15(8-11(10)2)12(3)19-16(21)9-23-18(22)17-13(4)20-24-14(17)5/h6-8,12H,9H2,1-5H3,(H,19,21)/t12-/m1/s1. The van der Waals surface area contributed by atoms with Gasteiger partial charge in [-0.05, 0) is 51.3 Å². The lowest BCUT2D eigenvalue weighted by atomic mass is 10.0. The second kappa shape index (κ2) is 7.29. The van der Waals surface area contributed by atoms with E-state index in [1.165, 1.54) is 11.1 Å². The Bertz CT molecular complexity index is 745. The maximum Gasteiger partial charge on any atom is 0.344 e. The van der Waals surface area contributed by atoms with E-state index >= 15 is 0 Å².